The molecule has 0 spiro atoms. The van der Waals surface area contributed by atoms with Crippen LogP contribution in [0, 0.1) is 12.7 Å². The van der Waals surface area contributed by atoms with Gasteiger partial charge in [0.05, 0.1) is 0 Å². The Bertz CT molecular complexity index is 687. The van der Waals surface area contributed by atoms with Gasteiger partial charge in [0.2, 0.25) is 5.13 Å². The van der Waals surface area contributed by atoms with Gasteiger partial charge in [0, 0.05) is 16.0 Å². The largest absolute Gasteiger partial charge is 0.266 e. The van der Waals surface area contributed by atoms with E-state index in [9.17, 15) is 12.8 Å². The summed E-state index contributed by atoms with van der Waals surface area (Å²) in [6.07, 6.45) is 0. The molecule has 2 rings (SSSR count). The Labute approximate surface area is 115 Å². The third-order valence-electron chi connectivity index (χ3n) is 1.93. The van der Waals surface area contributed by atoms with Crippen molar-refractivity contribution in [3.05, 3.63) is 34.3 Å². The van der Waals surface area contributed by atoms with E-state index in [0.29, 0.717) is 10.3 Å². The molecular weight excluding hydrogens is 345 g/mol. The van der Waals surface area contributed by atoms with Gasteiger partial charge < -0.3 is 0 Å². The van der Waals surface area contributed by atoms with Crippen LogP contribution in [0.5, 0.6) is 0 Å². The molecule has 18 heavy (non-hydrogen) atoms. The van der Waals surface area contributed by atoms with Crippen molar-refractivity contribution in [2.45, 2.75) is 11.8 Å². The zero-order chi connectivity index (χ0) is 13.3. The number of hydrogen-bond acceptors (Lipinski definition) is 5. The van der Waals surface area contributed by atoms with E-state index in [1.54, 1.807) is 6.92 Å². The van der Waals surface area contributed by atoms with Crippen LogP contribution in [0.25, 0.3) is 0 Å². The van der Waals surface area contributed by atoms with Crippen molar-refractivity contribution in [3.63, 3.8) is 0 Å². The molecule has 0 amide bonds. The number of aryl methyl sites for hydroxylation is 1. The van der Waals surface area contributed by atoms with Crippen molar-refractivity contribution in [3.8, 4) is 0 Å². The molecule has 0 radical (unpaired) electrons. The van der Waals surface area contributed by atoms with Gasteiger partial charge >= 0.3 is 0 Å². The van der Waals surface area contributed by atoms with E-state index < -0.39 is 20.7 Å². The van der Waals surface area contributed by atoms with E-state index in [2.05, 4.69) is 30.0 Å². The zero-order valence-corrected chi connectivity index (χ0v) is 12.2. The van der Waals surface area contributed by atoms with Crippen molar-refractivity contribution >= 4 is 42.6 Å². The van der Waals surface area contributed by atoms with Gasteiger partial charge in [0.25, 0.3) is 10.0 Å². The molecule has 1 aromatic heterocycles. The van der Waals surface area contributed by atoms with Crippen molar-refractivity contribution in [2.75, 3.05) is 4.72 Å². The number of anilines is 1. The third kappa shape index (κ3) is 2.85. The molecule has 0 atom stereocenters. The summed E-state index contributed by atoms with van der Waals surface area (Å²) in [7, 11) is -3.99. The fraction of sp³-hybridized carbons (Fsp3) is 0.111. The molecule has 0 bridgehead atoms. The van der Waals surface area contributed by atoms with Crippen molar-refractivity contribution in [2.24, 2.45) is 0 Å². The molecule has 0 aliphatic rings. The minimum atomic E-state index is -3.99. The second-order valence-electron chi connectivity index (χ2n) is 3.33. The van der Waals surface area contributed by atoms with Crippen LogP contribution in [0.4, 0.5) is 9.52 Å². The fourth-order valence-electron chi connectivity index (χ4n) is 1.20. The molecule has 5 nitrogen and oxygen atoms in total. The summed E-state index contributed by atoms with van der Waals surface area (Å²) in [4.78, 5) is 3.42. The summed E-state index contributed by atoms with van der Waals surface area (Å²) in [5.74, 6) is -0.382. The van der Waals surface area contributed by atoms with E-state index in [-0.39, 0.29) is 5.13 Å². The molecule has 1 heterocycles. The molecule has 1 N–H and O–H groups in total. The standard InChI is InChI=1S/C9H7BrFN3O2S2/c1-5-12-9(17-13-5)14-18(15,16)8-3-2-6(10)4-7(8)11/h2-4H,1H3,(H,12,13,14). The molecule has 0 unspecified atom stereocenters. The predicted molar refractivity (Wildman–Crippen MR) is 69.6 cm³/mol. The molecule has 0 fully saturated rings. The number of rotatable bonds is 3. The number of benzene rings is 1. The Morgan fingerprint density at radius 1 is 1.44 bits per heavy atom. The van der Waals surface area contributed by atoms with Gasteiger partial charge in [0.1, 0.15) is 16.5 Å². The number of aromatic nitrogens is 2. The van der Waals surface area contributed by atoms with Crippen LogP contribution in [0.2, 0.25) is 0 Å². The van der Waals surface area contributed by atoms with Crippen LogP contribution in [0.15, 0.2) is 27.6 Å². The number of nitrogens with zero attached hydrogens (tertiary/aromatic N) is 2. The normalized spacial score (nSPS) is 11.5. The quantitative estimate of drug-likeness (QED) is 0.922. The lowest BCUT2D eigenvalue weighted by Crippen LogP contribution is -2.14. The number of sulfonamides is 1. The SMILES string of the molecule is Cc1nsc(NS(=O)(=O)c2ccc(Br)cc2F)n1. The van der Waals surface area contributed by atoms with Crippen LogP contribution in [-0.4, -0.2) is 17.8 Å². The highest BCUT2D eigenvalue weighted by Gasteiger charge is 2.20. The lowest BCUT2D eigenvalue weighted by Gasteiger charge is -2.05. The van der Waals surface area contributed by atoms with Gasteiger partial charge in [-0.1, -0.05) is 15.9 Å². The van der Waals surface area contributed by atoms with Crippen molar-refractivity contribution in [1.29, 1.82) is 0 Å². The summed E-state index contributed by atoms with van der Waals surface area (Å²) < 4.78 is 43.9. The monoisotopic (exact) mass is 351 g/mol. The lowest BCUT2D eigenvalue weighted by atomic mass is 10.3. The minimum absolute atomic E-state index is 0.106. The maximum atomic E-state index is 13.6. The second kappa shape index (κ2) is 4.90. The third-order valence-corrected chi connectivity index (χ3v) is 4.65. The predicted octanol–water partition coefficient (Wildman–Crippen LogP) is 2.55. The Kier molecular flexibility index (Phi) is 3.64. The van der Waals surface area contributed by atoms with Gasteiger partial charge in [0.15, 0.2) is 0 Å². The summed E-state index contributed by atoms with van der Waals surface area (Å²) in [6.45, 7) is 1.63. The summed E-state index contributed by atoms with van der Waals surface area (Å²) in [5.41, 5.74) is 0. The topological polar surface area (TPSA) is 72.0 Å². The van der Waals surface area contributed by atoms with E-state index in [4.69, 9.17) is 0 Å². The summed E-state index contributed by atoms with van der Waals surface area (Å²) in [5, 5.41) is 0.106. The number of hydrogen-bond donors (Lipinski definition) is 1. The molecule has 0 aliphatic heterocycles. The smallest absolute Gasteiger partial charge is 0.253 e. The molecule has 0 saturated heterocycles. The number of nitrogens with one attached hydrogen (secondary N) is 1. The average molecular weight is 352 g/mol. The minimum Gasteiger partial charge on any atom is -0.253 e. The number of halogens is 2. The van der Waals surface area contributed by atoms with E-state index in [1.165, 1.54) is 12.1 Å². The summed E-state index contributed by atoms with van der Waals surface area (Å²) in [6, 6.07) is 3.71. The molecule has 9 heteroatoms. The van der Waals surface area contributed by atoms with E-state index >= 15 is 0 Å². The average Bonchev–Trinajstić information content (AvgIpc) is 2.62. The maximum absolute atomic E-state index is 13.6. The van der Waals surface area contributed by atoms with Gasteiger partial charge in [-0.3, -0.25) is 4.72 Å². The molecule has 0 saturated carbocycles. The first-order chi connectivity index (χ1) is 8.38. The summed E-state index contributed by atoms with van der Waals surface area (Å²) >= 11 is 3.95. The molecule has 96 valence electrons. The fourth-order valence-corrected chi connectivity index (χ4v) is 3.39. The van der Waals surface area contributed by atoms with Crippen LogP contribution in [0.1, 0.15) is 5.82 Å². The second-order valence-corrected chi connectivity index (χ2v) is 6.65. The highest BCUT2D eigenvalue weighted by Crippen LogP contribution is 2.22. The van der Waals surface area contributed by atoms with Gasteiger partial charge in [-0.25, -0.2) is 17.8 Å². The van der Waals surface area contributed by atoms with Crippen LogP contribution >= 0.6 is 27.5 Å². The van der Waals surface area contributed by atoms with Gasteiger partial charge in [-0.2, -0.15) is 4.37 Å². The zero-order valence-electron chi connectivity index (χ0n) is 9.02. The maximum Gasteiger partial charge on any atom is 0.266 e. The van der Waals surface area contributed by atoms with Crippen LogP contribution in [0.3, 0.4) is 0 Å². The van der Waals surface area contributed by atoms with Crippen LogP contribution < -0.4 is 4.72 Å². The highest BCUT2D eigenvalue weighted by atomic mass is 79.9. The Morgan fingerprint density at radius 3 is 2.72 bits per heavy atom. The first-order valence-electron chi connectivity index (χ1n) is 4.67. The van der Waals surface area contributed by atoms with Crippen molar-refractivity contribution < 1.29 is 12.8 Å². The molecule has 1 aromatic carbocycles. The highest BCUT2D eigenvalue weighted by molar-refractivity contribution is 9.10. The first-order valence-corrected chi connectivity index (χ1v) is 7.71. The Hall–Kier alpha value is -1.06. The Morgan fingerprint density at radius 2 is 2.17 bits per heavy atom. The van der Waals surface area contributed by atoms with Crippen LogP contribution in [-0.2, 0) is 10.0 Å². The van der Waals surface area contributed by atoms with E-state index in [1.807, 2.05) is 0 Å². The van der Waals surface area contributed by atoms with Gasteiger partial charge in [-0.05, 0) is 25.1 Å². The van der Waals surface area contributed by atoms with E-state index in [0.717, 1.165) is 17.6 Å². The first kappa shape index (κ1) is 13.4. The lowest BCUT2D eigenvalue weighted by molar-refractivity contribution is 0.570. The van der Waals surface area contributed by atoms with Gasteiger partial charge in [-0.15, -0.1) is 0 Å². The van der Waals surface area contributed by atoms with Crippen molar-refractivity contribution in [1.82, 2.24) is 9.36 Å². The molecule has 0 aliphatic carbocycles. The Balaban J connectivity index is 2.36. The molecule has 2 aromatic rings. The molecular formula is C9H7BrFN3O2S2.